The van der Waals surface area contributed by atoms with E-state index >= 15 is 0 Å². The van der Waals surface area contributed by atoms with Crippen LogP contribution in [-0.2, 0) is 6.18 Å². The summed E-state index contributed by atoms with van der Waals surface area (Å²) in [6, 6.07) is 3.20. The zero-order valence-corrected chi connectivity index (χ0v) is 18.3. The molecule has 2 N–H and O–H groups in total. The molecule has 0 bridgehead atoms. The second-order valence-corrected chi connectivity index (χ2v) is 8.71. The summed E-state index contributed by atoms with van der Waals surface area (Å²) in [4.78, 5) is 19.1. The first-order valence-electron chi connectivity index (χ1n) is 8.51. The van der Waals surface area contributed by atoms with Crippen LogP contribution in [0.3, 0.4) is 0 Å². The zero-order valence-electron chi connectivity index (χ0n) is 16.0. The summed E-state index contributed by atoms with van der Waals surface area (Å²) in [5.74, 6) is -0.594. The van der Waals surface area contributed by atoms with E-state index in [-0.39, 0.29) is 16.6 Å². The number of aromatic nitrogens is 1. The number of para-hydroxylation sites is 1. The second-order valence-electron chi connectivity index (χ2n) is 6.66. The lowest BCUT2D eigenvalue weighted by molar-refractivity contribution is -0.136. The smallest absolute Gasteiger partial charge is 0.418 e. The van der Waals surface area contributed by atoms with Gasteiger partial charge in [-0.25, -0.2) is 4.98 Å². The van der Waals surface area contributed by atoms with E-state index in [1.807, 2.05) is 24.4 Å². The van der Waals surface area contributed by atoms with Crippen LogP contribution in [0.4, 0.5) is 13.2 Å². The van der Waals surface area contributed by atoms with Crippen LogP contribution in [0, 0.1) is 0 Å². The van der Waals surface area contributed by atoms with Crippen LogP contribution in [-0.4, -0.2) is 52.4 Å². The zero-order chi connectivity index (χ0) is 22.4. The largest absolute Gasteiger partial charge is 0.506 e. The Hall–Kier alpha value is -2.04. The van der Waals surface area contributed by atoms with Gasteiger partial charge in [-0.05, 0) is 12.1 Å². The van der Waals surface area contributed by atoms with Crippen molar-refractivity contribution in [3.63, 3.8) is 0 Å². The highest BCUT2D eigenvalue weighted by molar-refractivity contribution is 8.02. The fraction of sp³-hybridized carbons (Fsp3) is 0.333. The van der Waals surface area contributed by atoms with Gasteiger partial charge in [0, 0.05) is 31.9 Å². The van der Waals surface area contributed by atoms with Crippen molar-refractivity contribution < 1.29 is 23.1 Å². The molecule has 1 aromatic carbocycles. The summed E-state index contributed by atoms with van der Waals surface area (Å²) in [5, 5.41) is 15.0. The summed E-state index contributed by atoms with van der Waals surface area (Å²) in [6.45, 7) is 0. The second kappa shape index (κ2) is 8.24. The normalized spacial score (nSPS) is 16.9. The van der Waals surface area contributed by atoms with E-state index in [9.17, 15) is 23.1 Å². The fourth-order valence-corrected chi connectivity index (χ4v) is 4.46. The first kappa shape index (κ1) is 22.6. The van der Waals surface area contributed by atoms with Gasteiger partial charge in [0.2, 0.25) is 0 Å². The number of carbonyl (C=O) groups excluding carboxylic acids is 1. The molecule has 3 rings (SSSR count). The number of rotatable bonds is 4. The Morgan fingerprint density at radius 2 is 2.03 bits per heavy atom. The molecule has 12 heteroatoms. The number of hydrogen-bond acceptors (Lipinski definition) is 6. The lowest BCUT2D eigenvalue weighted by Gasteiger charge is -2.28. The molecule has 1 unspecified atom stereocenters. The lowest BCUT2D eigenvalue weighted by Crippen LogP contribution is -2.43. The maximum Gasteiger partial charge on any atom is 0.418 e. The van der Waals surface area contributed by atoms with Gasteiger partial charge in [-0.15, -0.1) is 0 Å². The minimum absolute atomic E-state index is 0.229. The van der Waals surface area contributed by atoms with E-state index in [1.165, 1.54) is 17.8 Å². The molecule has 2 aromatic rings. The molecular weight excluding hydrogens is 464 g/mol. The fourth-order valence-electron chi connectivity index (χ4n) is 3.05. The lowest BCUT2D eigenvalue weighted by atomic mass is 10.0. The van der Waals surface area contributed by atoms with Crippen LogP contribution in [0.25, 0.3) is 10.9 Å². The van der Waals surface area contributed by atoms with Crippen molar-refractivity contribution in [1.82, 2.24) is 20.1 Å². The average Bonchev–Trinajstić information content (AvgIpc) is 3.00. The SMILES string of the molecule is CN(C)C1=CSC(NC(=O)c2c(C(Cl)Cl)nc3c(C(F)(F)F)cccc3c2O)N1C. The summed E-state index contributed by atoms with van der Waals surface area (Å²) >= 11 is 13.1. The van der Waals surface area contributed by atoms with Gasteiger partial charge in [0.15, 0.2) is 10.3 Å². The molecule has 1 aliphatic heterocycles. The van der Waals surface area contributed by atoms with E-state index < -0.39 is 39.2 Å². The van der Waals surface area contributed by atoms with Crippen molar-refractivity contribution in [2.75, 3.05) is 21.1 Å². The maximum atomic E-state index is 13.4. The molecule has 1 aromatic heterocycles. The number of benzene rings is 1. The molecule has 0 saturated heterocycles. The van der Waals surface area contributed by atoms with Crippen LogP contribution >= 0.6 is 35.0 Å². The molecule has 162 valence electrons. The van der Waals surface area contributed by atoms with Crippen LogP contribution in [0.1, 0.15) is 26.5 Å². The average molecular weight is 481 g/mol. The number of amides is 1. The molecule has 0 radical (unpaired) electrons. The van der Waals surface area contributed by atoms with E-state index in [1.54, 1.807) is 11.9 Å². The summed E-state index contributed by atoms with van der Waals surface area (Å²) in [7, 11) is 5.44. The summed E-state index contributed by atoms with van der Waals surface area (Å²) in [6.07, 6.45) is -4.72. The van der Waals surface area contributed by atoms with Crippen molar-refractivity contribution in [1.29, 1.82) is 0 Å². The molecule has 1 aliphatic rings. The molecular formula is C18H17Cl2F3N4O2S. The van der Waals surface area contributed by atoms with Gasteiger partial charge in [-0.3, -0.25) is 4.79 Å². The Labute approximate surface area is 184 Å². The first-order valence-corrected chi connectivity index (χ1v) is 10.3. The molecule has 30 heavy (non-hydrogen) atoms. The third-order valence-electron chi connectivity index (χ3n) is 4.48. The van der Waals surface area contributed by atoms with Crippen molar-refractivity contribution in [3.05, 3.63) is 46.2 Å². The molecule has 2 heterocycles. The number of aromatic hydroxyl groups is 1. The van der Waals surface area contributed by atoms with E-state index in [0.29, 0.717) is 0 Å². The number of fused-ring (bicyclic) bond motifs is 1. The summed E-state index contributed by atoms with van der Waals surface area (Å²) < 4.78 is 40.1. The molecule has 0 spiro atoms. The van der Waals surface area contributed by atoms with Gasteiger partial charge < -0.3 is 20.2 Å². The van der Waals surface area contributed by atoms with E-state index in [0.717, 1.165) is 18.0 Å². The standard InChI is InChI=1S/C18H17Cl2F3N4O2S/c1-26(2)10-7-30-17(27(10)3)25-16(29)11-13(15(19)20)24-12-8(14(11)28)5-4-6-9(12)18(21,22)23/h4-7,15,17H,1-3H3,(H,24,28)(H,25,29). The highest BCUT2D eigenvalue weighted by Gasteiger charge is 2.36. The van der Waals surface area contributed by atoms with Crippen molar-refractivity contribution >= 4 is 51.8 Å². The van der Waals surface area contributed by atoms with Gasteiger partial charge >= 0.3 is 6.18 Å². The molecule has 6 nitrogen and oxygen atoms in total. The number of nitrogens with one attached hydrogen (secondary N) is 1. The first-order chi connectivity index (χ1) is 13.9. The number of nitrogens with zero attached hydrogens (tertiary/aromatic N) is 3. The summed E-state index contributed by atoms with van der Waals surface area (Å²) in [5.41, 5.74) is -2.84. The Kier molecular flexibility index (Phi) is 6.22. The van der Waals surface area contributed by atoms with Crippen LogP contribution in [0.15, 0.2) is 29.4 Å². The molecule has 0 aliphatic carbocycles. The maximum absolute atomic E-state index is 13.4. The van der Waals surface area contributed by atoms with E-state index in [2.05, 4.69) is 10.3 Å². The van der Waals surface area contributed by atoms with Crippen molar-refractivity contribution in [2.24, 2.45) is 0 Å². The quantitative estimate of drug-likeness (QED) is 0.628. The van der Waals surface area contributed by atoms with Crippen LogP contribution < -0.4 is 5.32 Å². The minimum Gasteiger partial charge on any atom is -0.506 e. The highest BCUT2D eigenvalue weighted by Crippen LogP contribution is 2.41. The molecule has 1 atom stereocenters. The number of hydrogen-bond donors (Lipinski definition) is 2. The molecule has 0 fully saturated rings. The van der Waals surface area contributed by atoms with E-state index in [4.69, 9.17) is 23.2 Å². The third-order valence-corrected chi connectivity index (χ3v) is 5.94. The molecule has 1 amide bonds. The Balaban J connectivity index is 2.07. The van der Waals surface area contributed by atoms with Gasteiger partial charge in [0.25, 0.3) is 5.91 Å². The topological polar surface area (TPSA) is 68.7 Å². The van der Waals surface area contributed by atoms with Crippen molar-refractivity contribution in [2.45, 2.75) is 16.5 Å². The number of carbonyl (C=O) groups is 1. The number of thioether (sulfide) groups is 1. The van der Waals surface area contributed by atoms with Gasteiger partial charge in [-0.2, -0.15) is 13.2 Å². The Bertz CT molecular complexity index is 1030. The Morgan fingerprint density at radius 3 is 2.57 bits per heavy atom. The minimum atomic E-state index is -4.72. The van der Waals surface area contributed by atoms with Gasteiger partial charge in [-0.1, -0.05) is 41.0 Å². The number of halogens is 5. The van der Waals surface area contributed by atoms with Crippen LogP contribution in [0.2, 0.25) is 0 Å². The highest BCUT2D eigenvalue weighted by atomic mass is 35.5. The van der Waals surface area contributed by atoms with Gasteiger partial charge in [0.05, 0.1) is 16.8 Å². The number of pyridine rings is 1. The Morgan fingerprint density at radius 1 is 1.37 bits per heavy atom. The van der Waals surface area contributed by atoms with Gasteiger partial charge in [0.1, 0.15) is 17.1 Å². The predicted octanol–water partition coefficient (Wildman–Crippen LogP) is 4.49. The third kappa shape index (κ3) is 4.08. The van der Waals surface area contributed by atoms with Crippen molar-refractivity contribution in [3.8, 4) is 5.75 Å². The predicted molar refractivity (Wildman–Crippen MR) is 111 cm³/mol. The monoisotopic (exact) mass is 480 g/mol. The number of alkyl halides is 5. The van der Waals surface area contributed by atoms with Crippen LogP contribution in [0.5, 0.6) is 5.75 Å². The molecule has 0 saturated carbocycles.